The van der Waals surface area contributed by atoms with Gasteiger partial charge in [0.05, 0.1) is 11.9 Å². The molecule has 2 amide bonds. The molecule has 18 heavy (non-hydrogen) atoms. The second-order valence-corrected chi connectivity index (χ2v) is 3.49. The number of hydrogen-bond donors (Lipinski definition) is 2. The molecule has 1 aromatic carbocycles. The lowest BCUT2D eigenvalue weighted by atomic mass is 10.2. The molecule has 0 unspecified atom stereocenters. The van der Waals surface area contributed by atoms with Gasteiger partial charge in [0.1, 0.15) is 0 Å². The summed E-state index contributed by atoms with van der Waals surface area (Å²) in [4.78, 5) is 22.1. The lowest BCUT2D eigenvalue weighted by Gasteiger charge is -1.99. The number of hydrogen-bond acceptors (Lipinski definition) is 4. The van der Waals surface area contributed by atoms with E-state index in [9.17, 15) is 9.59 Å². The third-order valence-electron chi connectivity index (χ3n) is 1.84. The highest BCUT2D eigenvalue weighted by Crippen LogP contribution is 1.97. The molecular formula is C12H14N4O2. The van der Waals surface area contributed by atoms with E-state index in [1.807, 2.05) is 6.07 Å². The van der Waals surface area contributed by atoms with E-state index < -0.39 is 0 Å². The van der Waals surface area contributed by atoms with Crippen molar-refractivity contribution in [2.24, 2.45) is 10.2 Å². The third kappa shape index (κ3) is 5.02. The molecule has 0 aliphatic heterocycles. The minimum absolute atomic E-state index is 0.271. The van der Waals surface area contributed by atoms with Gasteiger partial charge in [-0.1, -0.05) is 18.2 Å². The lowest BCUT2D eigenvalue weighted by molar-refractivity contribution is -0.118. The topological polar surface area (TPSA) is 82.9 Å². The van der Waals surface area contributed by atoms with Gasteiger partial charge in [0.25, 0.3) is 5.91 Å². The number of benzene rings is 1. The Morgan fingerprint density at radius 1 is 1.11 bits per heavy atom. The van der Waals surface area contributed by atoms with Gasteiger partial charge in [-0.25, -0.2) is 10.9 Å². The van der Waals surface area contributed by atoms with Gasteiger partial charge in [-0.05, 0) is 19.1 Å². The molecule has 0 spiro atoms. The predicted molar refractivity (Wildman–Crippen MR) is 69.3 cm³/mol. The van der Waals surface area contributed by atoms with Crippen molar-refractivity contribution < 1.29 is 9.59 Å². The van der Waals surface area contributed by atoms with Gasteiger partial charge in [-0.15, -0.1) is 0 Å². The lowest BCUT2D eigenvalue weighted by Crippen LogP contribution is -2.20. The standard InChI is InChI=1S/C12H14N4O2/c1-9(8-13-15-10(2)17)14-16-12(18)11-6-4-3-5-7-11/h3-8H,1-2H3,(H,15,17)(H,16,18)/b13-8-,14-9+. The molecular weight excluding hydrogens is 232 g/mol. The largest absolute Gasteiger partial charge is 0.274 e. The maximum atomic E-state index is 11.6. The molecule has 0 atom stereocenters. The van der Waals surface area contributed by atoms with Crippen molar-refractivity contribution in [2.45, 2.75) is 13.8 Å². The second-order valence-electron chi connectivity index (χ2n) is 3.49. The minimum atomic E-state index is -0.303. The molecule has 0 saturated carbocycles. The Labute approximate surface area is 105 Å². The van der Waals surface area contributed by atoms with E-state index in [1.54, 1.807) is 31.2 Å². The zero-order chi connectivity index (χ0) is 13.4. The fourth-order valence-corrected chi connectivity index (χ4v) is 1.04. The minimum Gasteiger partial charge on any atom is -0.274 e. The Balaban J connectivity index is 2.51. The maximum absolute atomic E-state index is 11.6. The molecule has 0 fully saturated rings. The fraction of sp³-hybridized carbons (Fsp3) is 0.167. The van der Waals surface area contributed by atoms with Crippen LogP contribution in [0.15, 0.2) is 40.5 Å². The average molecular weight is 246 g/mol. The quantitative estimate of drug-likeness (QED) is 0.611. The Hall–Kier alpha value is -2.50. The summed E-state index contributed by atoms with van der Waals surface area (Å²) in [5.41, 5.74) is 5.60. The summed E-state index contributed by atoms with van der Waals surface area (Å²) in [7, 11) is 0. The van der Waals surface area contributed by atoms with Gasteiger partial charge in [0.15, 0.2) is 0 Å². The van der Waals surface area contributed by atoms with Crippen LogP contribution in [0.5, 0.6) is 0 Å². The number of carbonyl (C=O) groups is 2. The van der Waals surface area contributed by atoms with Crippen LogP contribution in [0.2, 0.25) is 0 Å². The molecule has 6 heteroatoms. The van der Waals surface area contributed by atoms with Crippen molar-refractivity contribution in [3.8, 4) is 0 Å². The highest BCUT2D eigenvalue weighted by Gasteiger charge is 2.01. The van der Waals surface area contributed by atoms with Crippen molar-refractivity contribution in [1.29, 1.82) is 0 Å². The zero-order valence-corrected chi connectivity index (χ0v) is 10.2. The predicted octanol–water partition coefficient (Wildman–Crippen LogP) is 0.914. The van der Waals surface area contributed by atoms with Crippen LogP contribution >= 0.6 is 0 Å². The SMILES string of the molecule is CC(=O)N/N=C\C(C)=N\NC(=O)c1ccccc1. The number of carbonyl (C=O) groups excluding carboxylic acids is 2. The van der Waals surface area contributed by atoms with Crippen LogP contribution in [-0.2, 0) is 4.79 Å². The molecule has 94 valence electrons. The average Bonchev–Trinajstić information content (AvgIpc) is 2.36. The monoisotopic (exact) mass is 246 g/mol. The number of nitrogens with one attached hydrogen (secondary N) is 2. The van der Waals surface area contributed by atoms with Gasteiger partial charge >= 0.3 is 0 Å². The van der Waals surface area contributed by atoms with E-state index in [-0.39, 0.29) is 11.8 Å². The molecule has 1 rings (SSSR count). The van der Waals surface area contributed by atoms with Crippen molar-refractivity contribution >= 4 is 23.7 Å². The molecule has 0 aliphatic carbocycles. The summed E-state index contributed by atoms with van der Waals surface area (Å²) in [6.45, 7) is 3.00. The van der Waals surface area contributed by atoms with Crippen LogP contribution in [-0.4, -0.2) is 23.7 Å². The smallest absolute Gasteiger partial charge is 0.271 e. The van der Waals surface area contributed by atoms with E-state index in [1.165, 1.54) is 13.1 Å². The number of nitrogens with zero attached hydrogens (tertiary/aromatic N) is 2. The Morgan fingerprint density at radius 2 is 1.78 bits per heavy atom. The molecule has 0 aliphatic rings. The maximum Gasteiger partial charge on any atom is 0.271 e. The van der Waals surface area contributed by atoms with E-state index in [2.05, 4.69) is 21.1 Å². The molecule has 0 radical (unpaired) electrons. The Morgan fingerprint density at radius 3 is 2.39 bits per heavy atom. The van der Waals surface area contributed by atoms with Crippen molar-refractivity contribution in [2.75, 3.05) is 0 Å². The van der Waals surface area contributed by atoms with Crippen molar-refractivity contribution in [1.82, 2.24) is 10.9 Å². The van der Waals surface area contributed by atoms with Gasteiger partial charge in [-0.2, -0.15) is 10.2 Å². The van der Waals surface area contributed by atoms with Crippen LogP contribution in [0.1, 0.15) is 24.2 Å². The Bertz CT molecular complexity index is 480. The number of hydrazone groups is 2. The fourth-order valence-electron chi connectivity index (χ4n) is 1.04. The summed E-state index contributed by atoms with van der Waals surface area (Å²) in [6, 6.07) is 8.73. The highest BCUT2D eigenvalue weighted by molar-refractivity contribution is 6.29. The molecule has 0 bridgehead atoms. The zero-order valence-electron chi connectivity index (χ0n) is 10.2. The first-order valence-electron chi connectivity index (χ1n) is 5.29. The number of amides is 2. The van der Waals surface area contributed by atoms with E-state index in [4.69, 9.17) is 0 Å². The first kappa shape index (κ1) is 13.6. The summed E-state index contributed by atoms with van der Waals surface area (Å²) < 4.78 is 0. The molecule has 1 aromatic rings. The summed E-state index contributed by atoms with van der Waals surface area (Å²) in [6.07, 6.45) is 1.34. The molecule has 2 N–H and O–H groups in total. The van der Waals surface area contributed by atoms with Gasteiger partial charge in [0, 0.05) is 12.5 Å². The summed E-state index contributed by atoms with van der Waals surface area (Å²) in [5.74, 6) is -0.574. The molecule has 0 heterocycles. The summed E-state index contributed by atoms with van der Waals surface area (Å²) in [5, 5.41) is 7.43. The van der Waals surface area contributed by atoms with Crippen LogP contribution in [0.25, 0.3) is 0 Å². The van der Waals surface area contributed by atoms with Crippen LogP contribution < -0.4 is 10.9 Å². The second kappa shape index (κ2) is 6.95. The normalized spacial score (nSPS) is 11.3. The third-order valence-corrected chi connectivity index (χ3v) is 1.84. The van der Waals surface area contributed by atoms with Crippen molar-refractivity contribution in [3.05, 3.63) is 35.9 Å². The van der Waals surface area contributed by atoms with E-state index >= 15 is 0 Å². The molecule has 6 nitrogen and oxygen atoms in total. The first-order chi connectivity index (χ1) is 8.59. The van der Waals surface area contributed by atoms with Gasteiger partial charge in [0.2, 0.25) is 5.91 Å². The first-order valence-corrected chi connectivity index (χ1v) is 5.29. The highest BCUT2D eigenvalue weighted by atomic mass is 16.2. The number of rotatable bonds is 4. The van der Waals surface area contributed by atoms with Crippen LogP contribution in [0, 0.1) is 0 Å². The van der Waals surface area contributed by atoms with Crippen molar-refractivity contribution in [3.63, 3.8) is 0 Å². The van der Waals surface area contributed by atoms with Gasteiger partial charge in [-0.3, -0.25) is 9.59 Å². The Kier molecular flexibility index (Phi) is 5.24. The molecule has 0 aromatic heterocycles. The summed E-state index contributed by atoms with van der Waals surface area (Å²) >= 11 is 0. The van der Waals surface area contributed by atoms with E-state index in [0.717, 1.165) is 0 Å². The van der Waals surface area contributed by atoms with Crippen LogP contribution in [0.3, 0.4) is 0 Å². The molecule has 0 saturated heterocycles. The van der Waals surface area contributed by atoms with Gasteiger partial charge < -0.3 is 0 Å². The van der Waals surface area contributed by atoms with E-state index in [0.29, 0.717) is 11.3 Å². The van der Waals surface area contributed by atoms with Crippen LogP contribution in [0.4, 0.5) is 0 Å².